The number of β-amino-alcohol motifs (C(OH)–C–C–N with tert-alkyl or cyclic N) is 1. The maximum absolute atomic E-state index is 13.6. The fraction of sp³-hybridized carbons (Fsp3) is 0.379. The Bertz CT molecular complexity index is 1260. The predicted octanol–water partition coefficient (Wildman–Crippen LogP) is 3.01. The largest absolute Gasteiger partial charge is 0.389 e. The number of aliphatic hydroxyl groups excluding tert-OH is 1. The van der Waals surface area contributed by atoms with Crippen LogP contribution in [0.2, 0.25) is 0 Å². The molecule has 4 N–H and O–H groups in total. The van der Waals surface area contributed by atoms with Gasteiger partial charge in [-0.3, -0.25) is 5.32 Å². The van der Waals surface area contributed by atoms with Gasteiger partial charge in [0, 0.05) is 25.7 Å². The van der Waals surface area contributed by atoms with Gasteiger partial charge in [0.25, 0.3) is 0 Å². The van der Waals surface area contributed by atoms with E-state index in [1.807, 2.05) is 24.3 Å². The lowest BCUT2D eigenvalue weighted by molar-refractivity contribution is -0.0643. The van der Waals surface area contributed by atoms with Crippen molar-refractivity contribution in [1.82, 2.24) is 16.0 Å². The first kappa shape index (κ1) is 24.6. The molecular weight excluding hydrogens is 476 g/mol. The number of rotatable bonds is 8. The van der Waals surface area contributed by atoms with Crippen LogP contribution in [0.4, 0.5) is 8.78 Å². The molecule has 37 heavy (non-hydrogen) atoms. The molecule has 2 saturated heterocycles. The van der Waals surface area contributed by atoms with Crippen molar-refractivity contribution < 1.29 is 23.4 Å². The molecule has 0 radical (unpaired) electrons. The third kappa shape index (κ3) is 5.60. The van der Waals surface area contributed by atoms with Crippen molar-refractivity contribution in [2.24, 2.45) is 0 Å². The van der Waals surface area contributed by atoms with Gasteiger partial charge < -0.3 is 25.2 Å². The van der Waals surface area contributed by atoms with Crippen LogP contribution in [0.25, 0.3) is 11.1 Å². The number of hydrogen-bond donors (Lipinski definition) is 4. The number of epoxide rings is 1. The van der Waals surface area contributed by atoms with E-state index in [1.54, 1.807) is 6.07 Å². The molecule has 194 valence electrons. The first-order chi connectivity index (χ1) is 18.0. The van der Waals surface area contributed by atoms with E-state index in [9.17, 15) is 13.9 Å². The molecule has 0 amide bonds. The molecule has 3 unspecified atom stereocenters. The van der Waals surface area contributed by atoms with Crippen LogP contribution in [-0.2, 0) is 35.4 Å². The van der Waals surface area contributed by atoms with Gasteiger partial charge in [0.05, 0.1) is 6.10 Å². The standard InChI is InChI=1S/C29H31F2N3O3/c30-23-8-7-20(13-24(23)31)19-4-1-17(2-5-19)12-25-27(26(35)16-33-25)36-29-28(37-29)34-14-18-3-6-22-15-32-10-9-21(22)11-18/h1-8,11,13,25-29,32-35H,9-10,12,14-16H2/t25-,26?,27+,28?,29?/m1/s1. The van der Waals surface area contributed by atoms with Gasteiger partial charge in [-0.05, 0) is 64.9 Å². The smallest absolute Gasteiger partial charge is 0.200 e. The van der Waals surface area contributed by atoms with Crippen molar-refractivity contribution in [3.63, 3.8) is 0 Å². The van der Waals surface area contributed by atoms with Crippen LogP contribution in [-0.4, -0.2) is 49.0 Å². The summed E-state index contributed by atoms with van der Waals surface area (Å²) in [5, 5.41) is 20.7. The Morgan fingerprint density at radius 3 is 2.59 bits per heavy atom. The van der Waals surface area contributed by atoms with E-state index >= 15 is 0 Å². The van der Waals surface area contributed by atoms with Gasteiger partial charge >= 0.3 is 0 Å². The highest BCUT2D eigenvalue weighted by molar-refractivity contribution is 5.63. The van der Waals surface area contributed by atoms with Crippen molar-refractivity contribution in [1.29, 1.82) is 0 Å². The van der Waals surface area contributed by atoms with Crippen LogP contribution in [0, 0.1) is 11.6 Å². The second-order valence-electron chi connectivity index (χ2n) is 10.0. The van der Waals surface area contributed by atoms with E-state index in [0.29, 0.717) is 25.1 Å². The molecule has 3 aliphatic rings. The Hall–Kier alpha value is -2.72. The van der Waals surface area contributed by atoms with Gasteiger partial charge in [-0.15, -0.1) is 0 Å². The molecule has 0 saturated carbocycles. The Kier molecular flexibility index (Phi) is 7.03. The Labute approximate surface area is 215 Å². The van der Waals surface area contributed by atoms with Crippen LogP contribution in [0.5, 0.6) is 0 Å². The molecule has 6 rings (SSSR count). The second kappa shape index (κ2) is 10.6. The summed E-state index contributed by atoms with van der Waals surface area (Å²) < 4.78 is 38.7. The minimum absolute atomic E-state index is 0.0665. The maximum atomic E-state index is 13.6. The van der Waals surface area contributed by atoms with Crippen molar-refractivity contribution in [3.8, 4) is 11.1 Å². The molecule has 0 aromatic heterocycles. The summed E-state index contributed by atoms with van der Waals surface area (Å²) in [4.78, 5) is 0. The lowest BCUT2D eigenvalue weighted by atomic mass is 9.98. The number of halogens is 2. The van der Waals surface area contributed by atoms with E-state index in [2.05, 4.69) is 34.1 Å². The lowest BCUT2D eigenvalue weighted by Gasteiger charge is -2.21. The van der Waals surface area contributed by atoms with Crippen molar-refractivity contribution in [2.45, 2.75) is 56.7 Å². The Balaban J connectivity index is 1.02. The van der Waals surface area contributed by atoms with Gasteiger partial charge in [-0.2, -0.15) is 0 Å². The molecule has 3 aliphatic heterocycles. The molecule has 5 atom stereocenters. The molecule has 3 aromatic carbocycles. The minimum atomic E-state index is -0.860. The normalized spacial score (nSPS) is 26.7. The molecule has 2 fully saturated rings. The SMILES string of the molecule is OC1CN[C@H](Cc2ccc(-c3ccc(F)c(F)c3)cc2)[C@@H]1OC1OC1NCc1ccc2c(c1)CCNC2. The average Bonchev–Trinajstić information content (AvgIpc) is 3.59. The lowest BCUT2D eigenvalue weighted by Crippen LogP contribution is -2.39. The quantitative estimate of drug-likeness (QED) is 0.351. The number of hydrogen-bond acceptors (Lipinski definition) is 6. The summed E-state index contributed by atoms with van der Waals surface area (Å²) in [6, 6.07) is 18.2. The van der Waals surface area contributed by atoms with Crippen molar-refractivity contribution in [3.05, 3.63) is 94.6 Å². The molecule has 0 bridgehead atoms. The number of benzene rings is 3. The number of aliphatic hydroxyl groups is 1. The van der Waals surface area contributed by atoms with E-state index in [1.165, 1.54) is 22.8 Å². The monoisotopic (exact) mass is 507 g/mol. The van der Waals surface area contributed by atoms with Gasteiger partial charge in [0.2, 0.25) is 0 Å². The van der Waals surface area contributed by atoms with E-state index in [4.69, 9.17) is 9.47 Å². The summed E-state index contributed by atoms with van der Waals surface area (Å²) in [6.07, 6.45) is 0.121. The molecule has 8 heteroatoms. The van der Waals surface area contributed by atoms with Gasteiger partial charge in [-0.1, -0.05) is 48.5 Å². The summed E-state index contributed by atoms with van der Waals surface area (Å²) in [5.41, 5.74) is 6.49. The van der Waals surface area contributed by atoms with Gasteiger partial charge in [0.1, 0.15) is 6.10 Å². The highest BCUT2D eigenvalue weighted by Gasteiger charge is 2.46. The summed E-state index contributed by atoms with van der Waals surface area (Å²) in [5.74, 6) is -1.72. The fourth-order valence-electron chi connectivity index (χ4n) is 5.27. The zero-order chi connectivity index (χ0) is 25.4. The second-order valence-corrected chi connectivity index (χ2v) is 10.0. The average molecular weight is 508 g/mol. The Morgan fingerprint density at radius 2 is 1.76 bits per heavy atom. The maximum Gasteiger partial charge on any atom is 0.200 e. The molecule has 0 spiro atoms. The van der Waals surface area contributed by atoms with Crippen LogP contribution in [0.3, 0.4) is 0 Å². The molecule has 3 heterocycles. The van der Waals surface area contributed by atoms with Crippen LogP contribution < -0.4 is 16.0 Å². The van der Waals surface area contributed by atoms with Crippen LogP contribution in [0.15, 0.2) is 60.7 Å². The minimum Gasteiger partial charge on any atom is -0.389 e. The number of fused-ring (bicyclic) bond motifs is 1. The third-order valence-corrected chi connectivity index (χ3v) is 7.43. The fourth-order valence-corrected chi connectivity index (χ4v) is 5.27. The van der Waals surface area contributed by atoms with Crippen LogP contribution >= 0.6 is 0 Å². The van der Waals surface area contributed by atoms with Crippen molar-refractivity contribution in [2.75, 3.05) is 13.1 Å². The topological polar surface area (TPSA) is 78.1 Å². The molecular formula is C29H31F2N3O3. The van der Waals surface area contributed by atoms with E-state index in [0.717, 1.165) is 36.7 Å². The van der Waals surface area contributed by atoms with Gasteiger partial charge in [0.15, 0.2) is 24.2 Å². The summed E-state index contributed by atoms with van der Waals surface area (Å²) in [6.45, 7) is 3.10. The van der Waals surface area contributed by atoms with Crippen molar-refractivity contribution >= 4 is 0 Å². The Morgan fingerprint density at radius 1 is 0.946 bits per heavy atom. The van der Waals surface area contributed by atoms with E-state index < -0.39 is 17.7 Å². The third-order valence-electron chi connectivity index (χ3n) is 7.43. The van der Waals surface area contributed by atoms with E-state index in [-0.39, 0.29) is 24.7 Å². The first-order valence-electron chi connectivity index (χ1n) is 12.8. The highest BCUT2D eigenvalue weighted by atomic mass is 19.2. The first-order valence-corrected chi connectivity index (χ1v) is 12.8. The summed E-state index contributed by atoms with van der Waals surface area (Å²) in [7, 11) is 0. The number of nitrogens with one attached hydrogen (secondary N) is 3. The number of ether oxygens (including phenoxy) is 2. The van der Waals surface area contributed by atoms with Crippen LogP contribution in [0.1, 0.15) is 22.3 Å². The molecule has 6 nitrogen and oxygen atoms in total. The summed E-state index contributed by atoms with van der Waals surface area (Å²) >= 11 is 0. The zero-order valence-electron chi connectivity index (χ0n) is 20.4. The predicted molar refractivity (Wildman–Crippen MR) is 136 cm³/mol. The molecule has 3 aromatic rings. The highest BCUT2D eigenvalue weighted by Crippen LogP contribution is 2.29. The van der Waals surface area contributed by atoms with Gasteiger partial charge in [-0.25, -0.2) is 8.78 Å². The molecule has 0 aliphatic carbocycles. The zero-order valence-corrected chi connectivity index (χ0v) is 20.4.